The first-order chi connectivity index (χ1) is 15.5. The summed E-state index contributed by atoms with van der Waals surface area (Å²) >= 11 is 1.26. The van der Waals surface area contributed by atoms with Crippen molar-refractivity contribution >= 4 is 33.4 Å². The topological polar surface area (TPSA) is 110 Å². The number of amides is 1. The van der Waals surface area contributed by atoms with Gasteiger partial charge in [0.25, 0.3) is 0 Å². The zero-order chi connectivity index (χ0) is 22.6. The molecule has 1 N–H and O–H groups in total. The van der Waals surface area contributed by atoms with E-state index in [0.717, 1.165) is 19.3 Å². The minimum atomic E-state index is -3.56. The van der Waals surface area contributed by atoms with Crippen LogP contribution in [0.15, 0.2) is 57.1 Å². The maximum absolute atomic E-state index is 12.9. The number of aromatic nitrogens is 3. The number of nitrogens with one attached hydrogen (secondary N) is 1. The van der Waals surface area contributed by atoms with Crippen molar-refractivity contribution in [2.45, 2.75) is 42.8 Å². The van der Waals surface area contributed by atoms with Crippen molar-refractivity contribution in [3.63, 3.8) is 0 Å². The van der Waals surface area contributed by atoms with Crippen LogP contribution in [-0.4, -0.2) is 52.2 Å². The molecule has 0 aliphatic carbocycles. The average Bonchev–Trinajstić information content (AvgIpc) is 3.48. The number of hydrogen-bond donors (Lipinski definition) is 1. The molecule has 32 heavy (non-hydrogen) atoms. The Morgan fingerprint density at radius 1 is 1.16 bits per heavy atom. The van der Waals surface area contributed by atoms with E-state index in [1.807, 2.05) is 17.6 Å². The van der Waals surface area contributed by atoms with Gasteiger partial charge in [-0.2, -0.15) is 4.31 Å². The van der Waals surface area contributed by atoms with Crippen molar-refractivity contribution in [1.29, 1.82) is 0 Å². The van der Waals surface area contributed by atoms with Gasteiger partial charge in [-0.05, 0) is 50.1 Å². The van der Waals surface area contributed by atoms with E-state index in [2.05, 4.69) is 15.5 Å². The lowest BCUT2D eigenvalue weighted by Crippen LogP contribution is -2.35. The fourth-order valence-electron chi connectivity index (χ4n) is 3.58. The van der Waals surface area contributed by atoms with Gasteiger partial charge in [-0.15, -0.1) is 10.2 Å². The molecule has 1 amide bonds. The largest absolute Gasteiger partial charge is 0.461 e. The van der Waals surface area contributed by atoms with Crippen molar-refractivity contribution < 1.29 is 17.6 Å². The van der Waals surface area contributed by atoms with Crippen LogP contribution in [0, 0.1) is 0 Å². The summed E-state index contributed by atoms with van der Waals surface area (Å²) in [6, 6.07) is 9.99. The summed E-state index contributed by atoms with van der Waals surface area (Å²) in [5.41, 5.74) is 0.446. The molecule has 1 aromatic carbocycles. The number of hydrogen-bond acceptors (Lipinski definition) is 7. The van der Waals surface area contributed by atoms with Gasteiger partial charge in [-0.3, -0.25) is 9.36 Å². The summed E-state index contributed by atoms with van der Waals surface area (Å²) in [5, 5.41) is 11.7. The van der Waals surface area contributed by atoms with E-state index >= 15 is 0 Å². The molecule has 0 saturated carbocycles. The molecular formula is C21H25N5O4S2. The van der Waals surface area contributed by atoms with Gasteiger partial charge in [0.2, 0.25) is 15.9 Å². The minimum Gasteiger partial charge on any atom is -0.461 e. The maximum Gasteiger partial charge on any atom is 0.243 e. The first-order valence-corrected chi connectivity index (χ1v) is 12.9. The number of piperidine rings is 1. The molecule has 170 valence electrons. The lowest BCUT2D eigenvalue weighted by molar-refractivity contribution is -0.113. The first kappa shape index (κ1) is 22.6. The predicted molar refractivity (Wildman–Crippen MR) is 122 cm³/mol. The monoisotopic (exact) mass is 475 g/mol. The van der Waals surface area contributed by atoms with E-state index in [9.17, 15) is 13.2 Å². The van der Waals surface area contributed by atoms with E-state index < -0.39 is 10.0 Å². The molecule has 1 fully saturated rings. The number of thioether (sulfide) groups is 1. The molecule has 9 nitrogen and oxygen atoms in total. The third-order valence-electron chi connectivity index (χ3n) is 5.18. The molecule has 1 aliphatic rings. The van der Waals surface area contributed by atoms with Gasteiger partial charge in [0.05, 0.1) is 16.9 Å². The number of anilines is 1. The lowest BCUT2D eigenvalue weighted by atomic mass is 10.2. The number of carbonyl (C=O) groups is 1. The predicted octanol–water partition coefficient (Wildman–Crippen LogP) is 3.46. The van der Waals surface area contributed by atoms with Gasteiger partial charge in [0, 0.05) is 25.3 Å². The zero-order valence-electron chi connectivity index (χ0n) is 17.7. The molecule has 4 rings (SSSR count). The van der Waals surface area contributed by atoms with E-state index in [4.69, 9.17) is 4.42 Å². The molecule has 0 spiro atoms. The molecule has 0 unspecified atom stereocenters. The highest BCUT2D eigenvalue weighted by atomic mass is 32.2. The molecule has 1 aliphatic heterocycles. The van der Waals surface area contributed by atoms with Crippen molar-refractivity contribution in [2.75, 3.05) is 24.2 Å². The van der Waals surface area contributed by atoms with Crippen molar-refractivity contribution in [2.24, 2.45) is 0 Å². The second-order valence-electron chi connectivity index (χ2n) is 7.36. The van der Waals surface area contributed by atoms with Crippen LogP contribution in [0.25, 0.3) is 11.6 Å². The summed E-state index contributed by atoms with van der Waals surface area (Å²) in [7, 11) is -3.56. The molecule has 3 heterocycles. The van der Waals surface area contributed by atoms with Gasteiger partial charge in [-0.25, -0.2) is 8.42 Å². The highest BCUT2D eigenvalue weighted by molar-refractivity contribution is 7.99. The Morgan fingerprint density at radius 3 is 2.69 bits per heavy atom. The fraction of sp³-hybridized carbons (Fsp3) is 0.381. The Morgan fingerprint density at radius 2 is 1.97 bits per heavy atom. The number of carbonyl (C=O) groups excluding carboxylic acids is 1. The third kappa shape index (κ3) is 4.89. The van der Waals surface area contributed by atoms with Gasteiger partial charge in [0.15, 0.2) is 16.7 Å². The summed E-state index contributed by atoms with van der Waals surface area (Å²) in [6.45, 7) is 3.67. The van der Waals surface area contributed by atoms with Crippen LogP contribution in [0.5, 0.6) is 0 Å². The second-order valence-corrected chi connectivity index (χ2v) is 10.2. The second kappa shape index (κ2) is 9.88. The lowest BCUT2D eigenvalue weighted by Gasteiger charge is -2.26. The summed E-state index contributed by atoms with van der Waals surface area (Å²) in [5.74, 6) is 1.07. The standard InChI is InChI=1S/C21H25N5O4S2/c1-2-26-20(18-10-7-13-30-18)23-24-21(26)31-15-19(27)22-16-8-6-9-17(14-16)32(28,29)25-11-4-3-5-12-25/h6-10,13-14H,2-5,11-12,15H2,1H3,(H,22,27). The van der Waals surface area contributed by atoms with Gasteiger partial charge in [0.1, 0.15) is 0 Å². The number of furan rings is 1. The zero-order valence-corrected chi connectivity index (χ0v) is 19.4. The SMILES string of the molecule is CCn1c(SCC(=O)Nc2cccc(S(=O)(=O)N3CCCCC3)c2)nnc1-c1ccco1. The van der Waals surface area contributed by atoms with E-state index in [0.29, 0.717) is 42.1 Å². The van der Waals surface area contributed by atoms with Crippen LogP contribution in [0.4, 0.5) is 5.69 Å². The smallest absolute Gasteiger partial charge is 0.243 e. The van der Waals surface area contributed by atoms with E-state index in [1.54, 1.807) is 30.5 Å². The van der Waals surface area contributed by atoms with Crippen LogP contribution < -0.4 is 5.32 Å². The Balaban J connectivity index is 1.40. The van der Waals surface area contributed by atoms with E-state index in [-0.39, 0.29) is 16.6 Å². The molecule has 0 bridgehead atoms. The molecule has 0 radical (unpaired) electrons. The average molecular weight is 476 g/mol. The summed E-state index contributed by atoms with van der Waals surface area (Å²) < 4.78 is 34.6. The Hall–Kier alpha value is -2.63. The van der Waals surface area contributed by atoms with Crippen LogP contribution in [0.3, 0.4) is 0 Å². The highest BCUT2D eigenvalue weighted by Crippen LogP contribution is 2.25. The van der Waals surface area contributed by atoms with Crippen LogP contribution in [-0.2, 0) is 21.4 Å². The molecule has 1 saturated heterocycles. The molecule has 2 aromatic heterocycles. The molecule has 0 atom stereocenters. The number of benzene rings is 1. The Kier molecular flexibility index (Phi) is 6.97. The van der Waals surface area contributed by atoms with Crippen molar-refractivity contribution in [3.05, 3.63) is 42.7 Å². The van der Waals surface area contributed by atoms with Gasteiger partial charge in [-0.1, -0.05) is 24.2 Å². The molecule has 3 aromatic rings. The number of nitrogens with zero attached hydrogens (tertiary/aromatic N) is 4. The third-order valence-corrected chi connectivity index (χ3v) is 8.04. The summed E-state index contributed by atoms with van der Waals surface area (Å²) in [4.78, 5) is 12.7. The van der Waals surface area contributed by atoms with Gasteiger partial charge < -0.3 is 9.73 Å². The quantitative estimate of drug-likeness (QED) is 0.497. The minimum absolute atomic E-state index is 0.111. The van der Waals surface area contributed by atoms with Crippen LogP contribution >= 0.6 is 11.8 Å². The van der Waals surface area contributed by atoms with Gasteiger partial charge >= 0.3 is 0 Å². The number of sulfonamides is 1. The summed E-state index contributed by atoms with van der Waals surface area (Å²) in [6.07, 6.45) is 4.37. The highest BCUT2D eigenvalue weighted by Gasteiger charge is 2.26. The van der Waals surface area contributed by atoms with E-state index in [1.165, 1.54) is 22.1 Å². The first-order valence-electron chi connectivity index (χ1n) is 10.5. The molecular weight excluding hydrogens is 450 g/mol. The maximum atomic E-state index is 12.9. The molecule has 11 heteroatoms. The van der Waals surface area contributed by atoms with Crippen molar-refractivity contribution in [1.82, 2.24) is 19.1 Å². The normalized spacial score (nSPS) is 15.0. The fourth-order valence-corrected chi connectivity index (χ4v) is 5.95. The number of rotatable bonds is 8. The van der Waals surface area contributed by atoms with Crippen LogP contribution in [0.2, 0.25) is 0 Å². The van der Waals surface area contributed by atoms with Crippen LogP contribution in [0.1, 0.15) is 26.2 Å². The van der Waals surface area contributed by atoms with Crippen molar-refractivity contribution in [3.8, 4) is 11.6 Å². The Bertz CT molecular complexity index is 1170. The Labute approximate surface area is 191 Å².